The molecule has 138 valence electrons. The van der Waals surface area contributed by atoms with Crippen LogP contribution in [0.4, 0.5) is 17.3 Å². The maximum absolute atomic E-state index is 11.8. The van der Waals surface area contributed by atoms with Gasteiger partial charge in [-0.1, -0.05) is 12.1 Å². The zero-order valence-corrected chi connectivity index (χ0v) is 14.7. The first-order chi connectivity index (χ1) is 13.8. The second-order valence-electron chi connectivity index (χ2n) is 5.78. The predicted octanol–water partition coefficient (Wildman–Crippen LogP) is 3.40. The van der Waals surface area contributed by atoms with Crippen LogP contribution in [0.3, 0.4) is 0 Å². The van der Waals surface area contributed by atoms with Crippen molar-refractivity contribution in [3.05, 3.63) is 67.3 Å². The van der Waals surface area contributed by atoms with Gasteiger partial charge in [-0.2, -0.15) is 0 Å². The molecule has 0 spiro atoms. The number of hydrogen-bond acceptors (Lipinski definition) is 7. The number of carbonyl (C=O) groups is 1. The number of fused-ring (bicyclic) bond motifs is 2. The van der Waals surface area contributed by atoms with Crippen molar-refractivity contribution in [2.75, 3.05) is 5.32 Å². The lowest BCUT2D eigenvalue weighted by atomic mass is 10.2. The maximum Gasteiger partial charge on any atom is 0.227 e. The summed E-state index contributed by atoms with van der Waals surface area (Å²) in [6, 6.07) is 11.0. The van der Waals surface area contributed by atoms with Gasteiger partial charge in [-0.25, -0.2) is 19.9 Å². The molecule has 1 aromatic carbocycles. The van der Waals surface area contributed by atoms with Gasteiger partial charge in [0.05, 0.1) is 17.5 Å². The molecule has 2 aromatic heterocycles. The monoisotopic (exact) mass is 372 g/mol. The molecule has 28 heavy (non-hydrogen) atoms. The second-order valence-corrected chi connectivity index (χ2v) is 5.78. The fraction of sp³-hybridized carbons (Fsp3) is 0.0500. The van der Waals surface area contributed by atoms with E-state index in [1.807, 2.05) is 30.3 Å². The van der Waals surface area contributed by atoms with Gasteiger partial charge in [0.15, 0.2) is 11.6 Å². The van der Waals surface area contributed by atoms with E-state index in [4.69, 9.17) is 4.74 Å². The van der Waals surface area contributed by atoms with E-state index < -0.39 is 0 Å². The van der Waals surface area contributed by atoms with Crippen LogP contribution in [-0.2, 0) is 4.79 Å². The van der Waals surface area contributed by atoms with Crippen molar-refractivity contribution in [2.45, 2.75) is 6.42 Å². The zero-order chi connectivity index (χ0) is 19.2. The number of anilines is 2. The van der Waals surface area contributed by atoms with Gasteiger partial charge >= 0.3 is 0 Å². The van der Waals surface area contributed by atoms with Crippen molar-refractivity contribution in [2.24, 2.45) is 4.99 Å². The molecule has 0 saturated carbocycles. The van der Waals surface area contributed by atoms with Gasteiger partial charge in [-0.05, 0) is 36.4 Å². The van der Waals surface area contributed by atoms with Crippen molar-refractivity contribution < 1.29 is 9.53 Å². The van der Waals surface area contributed by atoms with E-state index in [9.17, 15) is 4.79 Å². The lowest BCUT2D eigenvalue weighted by molar-refractivity contribution is -0.119. The second kappa shape index (κ2) is 8.09. The Morgan fingerprint density at radius 1 is 1.07 bits per heavy atom. The number of pyridine rings is 1. The van der Waals surface area contributed by atoms with Crippen molar-refractivity contribution in [3.63, 3.8) is 0 Å². The largest absolute Gasteiger partial charge is 0.463 e. The summed E-state index contributed by atoms with van der Waals surface area (Å²) in [5, 5.41) is 5.89. The molecular weight excluding hydrogens is 356 g/mol. The highest BCUT2D eigenvalue weighted by molar-refractivity contribution is 5.89. The molecule has 8 nitrogen and oxygen atoms in total. The van der Waals surface area contributed by atoms with Crippen molar-refractivity contribution >= 4 is 40.5 Å². The molecule has 4 rings (SSSR count). The number of nitrogens with one attached hydrogen (secondary N) is 2. The molecule has 2 N–H and O–H groups in total. The zero-order valence-electron chi connectivity index (χ0n) is 14.7. The van der Waals surface area contributed by atoms with Crippen LogP contribution in [0.5, 0.6) is 5.75 Å². The molecule has 1 aliphatic heterocycles. The third kappa shape index (κ3) is 4.01. The highest BCUT2D eigenvalue weighted by atomic mass is 16.5. The normalized spacial score (nSPS) is 14.1. The molecule has 0 unspecified atom stereocenters. The SMILES string of the molecule is O=C1CC=COc2ccccc2Nc2ncnc3ccc(nc23)N=CC=CN1. The quantitative estimate of drug-likeness (QED) is 0.627. The topological polar surface area (TPSA) is 101 Å². The molecule has 1 amide bonds. The number of benzene rings is 1. The number of aliphatic imine (C=N–C) groups is 1. The minimum Gasteiger partial charge on any atom is -0.463 e. The van der Waals surface area contributed by atoms with Gasteiger partial charge in [0.1, 0.15) is 17.6 Å². The van der Waals surface area contributed by atoms with Gasteiger partial charge < -0.3 is 15.4 Å². The van der Waals surface area contributed by atoms with E-state index >= 15 is 0 Å². The lowest BCUT2D eigenvalue weighted by Gasteiger charge is -2.11. The number of rotatable bonds is 0. The summed E-state index contributed by atoms with van der Waals surface area (Å²) in [6.07, 6.45) is 9.48. The number of allylic oxidation sites excluding steroid dienone is 1. The number of aromatic nitrogens is 3. The van der Waals surface area contributed by atoms with E-state index in [0.29, 0.717) is 34.1 Å². The summed E-state index contributed by atoms with van der Waals surface area (Å²) >= 11 is 0. The van der Waals surface area contributed by atoms with E-state index in [1.165, 1.54) is 18.8 Å². The Balaban J connectivity index is 1.79. The van der Waals surface area contributed by atoms with Crippen LogP contribution in [0.1, 0.15) is 6.42 Å². The smallest absolute Gasteiger partial charge is 0.227 e. The van der Waals surface area contributed by atoms with E-state index in [-0.39, 0.29) is 12.3 Å². The minimum atomic E-state index is -0.164. The fourth-order valence-electron chi connectivity index (χ4n) is 2.53. The van der Waals surface area contributed by atoms with Crippen molar-refractivity contribution in [1.29, 1.82) is 0 Å². The van der Waals surface area contributed by atoms with Crippen LogP contribution in [-0.4, -0.2) is 27.1 Å². The highest BCUT2D eigenvalue weighted by Crippen LogP contribution is 2.29. The molecule has 3 heterocycles. The summed E-state index contributed by atoms with van der Waals surface area (Å²) in [6.45, 7) is 0. The lowest BCUT2D eigenvalue weighted by Crippen LogP contribution is -2.15. The van der Waals surface area contributed by atoms with E-state index in [2.05, 4.69) is 30.6 Å². The Hall–Kier alpha value is -4.07. The van der Waals surface area contributed by atoms with Crippen LogP contribution in [0, 0.1) is 0 Å². The molecule has 8 heteroatoms. The van der Waals surface area contributed by atoms with Gasteiger partial charge in [-0.3, -0.25) is 4.79 Å². The number of nitrogens with zero attached hydrogens (tertiary/aromatic N) is 4. The minimum absolute atomic E-state index is 0.164. The summed E-state index contributed by atoms with van der Waals surface area (Å²) in [4.78, 5) is 29.2. The van der Waals surface area contributed by atoms with E-state index in [0.717, 1.165) is 0 Å². The number of para-hydroxylation sites is 2. The maximum atomic E-state index is 11.8. The summed E-state index contributed by atoms with van der Waals surface area (Å²) in [5.74, 6) is 1.46. The van der Waals surface area contributed by atoms with Crippen molar-refractivity contribution in [3.8, 4) is 5.75 Å². The predicted molar refractivity (Wildman–Crippen MR) is 107 cm³/mol. The number of hydrogen-bond donors (Lipinski definition) is 2. The average molecular weight is 372 g/mol. The first kappa shape index (κ1) is 17.3. The molecule has 3 aromatic rings. The van der Waals surface area contributed by atoms with Crippen molar-refractivity contribution in [1.82, 2.24) is 20.3 Å². The molecule has 0 fully saturated rings. The number of ether oxygens (including phenoxy) is 1. The van der Waals surface area contributed by atoms with Crippen LogP contribution >= 0.6 is 0 Å². The average Bonchev–Trinajstić information content (AvgIpc) is 2.72. The molecule has 0 atom stereocenters. The first-order valence-electron chi connectivity index (χ1n) is 8.58. The number of carbonyl (C=O) groups excluding carboxylic acids is 1. The third-order valence-corrected chi connectivity index (χ3v) is 3.84. The Morgan fingerprint density at radius 3 is 2.96 bits per heavy atom. The molecule has 1 aliphatic rings. The van der Waals surface area contributed by atoms with Crippen LogP contribution < -0.4 is 15.4 Å². The third-order valence-electron chi connectivity index (χ3n) is 3.84. The molecule has 0 radical (unpaired) electrons. The molecular formula is C20H16N6O2. The Bertz CT molecular complexity index is 1110. The summed E-state index contributed by atoms with van der Waals surface area (Å²) in [5.41, 5.74) is 1.98. The summed E-state index contributed by atoms with van der Waals surface area (Å²) < 4.78 is 5.68. The van der Waals surface area contributed by atoms with Gasteiger partial charge in [-0.15, -0.1) is 0 Å². The Morgan fingerprint density at radius 2 is 2.00 bits per heavy atom. The molecule has 0 saturated heterocycles. The van der Waals surface area contributed by atoms with Gasteiger partial charge in [0.2, 0.25) is 5.91 Å². The number of amides is 1. The molecule has 2 bridgehead atoms. The van der Waals surface area contributed by atoms with Gasteiger partial charge in [0.25, 0.3) is 0 Å². The highest BCUT2D eigenvalue weighted by Gasteiger charge is 2.09. The Labute approximate surface area is 160 Å². The standard InChI is InChI=1S/C20H16N6O2/c27-18-7-3-12-28-16-6-2-1-5-14(16)25-20-19-15(23-13-24-20)8-9-17(26-19)21-10-4-11-22-18/h1-6,8-13H,7H2,(H,22,27)(H,23,24,25). The fourth-order valence-corrected chi connectivity index (χ4v) is 2.53. The van der Waals surface area contributed by atoms with Crippen LogP contribution in [0.2, 0.25) is 0 Å². The van der Waals surface area contributed by atoms with Crippen LogP contribution in [0.15, 0.2) is 72.3 Å². The molecule has 0 aliphatic carbocycles. The first-order valence-corrected chi connectivity index (χ1v) is 8.58. The van der Waals surface area contributed by atoms with Crippen LogP contribution in [0.25, 0.3) is 11.0 Å². The summed E-state index contributed by atoms with van der Waals surface area (Å²) in [7, 11) is 0. The Kier molecular flexibility index (Phi) is 5.01. The van der Waals surface area contributed by atoms with Gasteiger partial charge in [0, 0.05) is 18.8 Å². The van der Waals surface area contributed by atoms with E-state index in [1.54, 1.807) is 24.4 Å².